The van der Waals surface area contributed by atoms with Gasteiger partial charge in [-0.05, 0) is 23.6 Å². The lowest BCUT2D eigenvalue weighted by Gasteiger charge is -2.31. The number of nitrogens with one attached hydrogen (secondary N) is 1. The van der Waals surface area contributed by atoms with Crippen LogP contribution < -0.4 is 5.32 Å². The Hall–Kier alpha value is -1.68. The Bertz CT molecular complexity index is 560. The fraction of sp³-hybridized carbons (Fsp3) is 0.400. The van der Waals surface area contributed by atoms with Crippen molar-refractivity contribution in [2.24, 2.45) is 11.3 Å². The minimum atomic E-state index is -1.19. The molecule has 1 amide bonds. The van der Waals surface area contributed by atoms with Gasteiger partial charge in [0.2, 0.25) is 5.91 Å². The summed E-state index contributed by atoms with van der Waals surface area (Å²) in [6.45, 7) is 3.71. The van der Waals surface area contributed by atoms with Gasteiger partial charge in [-0.3, -0.25) is 14.4 Å². The molecular formula is C15H16ClNO3. The fourth-order valence-electron chi connectivity index (χ4n) is 2.46. The van der Waals surface area contributed by atoms with E-state index in [1.54, 1.807) is 24.3 Å². The summed E-state index contributed by atoms with van der Waals surface area (Å²) in [6.07, 6.45) is 0.485. The molecule has 5 heteroatoms. The maximum absolute atomic E-state index is 12.1. The maximum atomic E-state index is 12.1. The van der Waals surface area contributed by atoms with Crippen molar-refractivity contribution < 1.29 is 14.4 Å². The van der Waals surface area contributed by atoms with Crippen molar-refractivity contribution in [3.63, 3.8) is 0 Å². The number of anilines is 1. The van der Waals surface area contributed by atoms with Crippen molar-refractivity contribution in [1.82, 2.24) is 0 Å². The normalized spacial score (nSPS) is 18.9. The standard InChI is InChI=1S/C15H16ClNO3/c1-15(2)7-11(18)13(12(19)8-15)14(20)17-10-5-3-4-9(16)6-10/h3-6,13H,7-8H2,1-2H3,(H,17,20). The van der Waals surface area contributed by atoms with E-state index >= 15 is 0 Å². The summed E-state index contributed by atoms with van der Waals surface area (Å²) < 4.78 is 0. The highest BCUT2D eigenvalue weighted by Crippen LogP contribution is 2.34. The Kier molecular flexibility index (Phi) is 3.95. The van der Waals surface area contributed by atoms with Crippen LogP contribution in [0.15, 0.2) is 24.3 Å². The molecule has 1 aromatic rings. The van der Waals surface area contributed by atoms with Crippen molar-refractivity contribution in [3.05, 3.63) is 29.3 Å². The summed E-state index contributed by atoms with van der Waals surface area (Å²) in [4.78, 5) is 36.1. The van der Waals surface area contributed by atoms with Gasteiger partial charge in [-0.2, -0.15) is 0 Å². The molecule has 1 aliphatic carbocycles. The lowest BCUT2D eigenvalue weighted by molar-refractivity contribution is -0.144. The second-order valence-corrected chi connectivity index (χ2v) is 6.32. The van der Waals surface area contributed by atoms with Crippen LogP contribution >= 0.6 is 11.6 Å². The van der Waals surface area contributed by atoms with Crippen LogP contribution in [-0.4, -0.2) is 17.5 Å². The van der Waals surface area contributed by atoms with Crippen LogP contribution in [-0.2, 0) is 14.4 Å². The minimum absolute atomic E-state index is 0.242. The summed E-state index contributed by atoms with van der Waals surface area (Å²) in [5, 5.41) is 3.05. The van der Waals surface area contributed by atoms with Crippen molar-refractivity contribution in [3.8, 4) is 0 Å². The SMILES string of the molecule is CC1(C)CC(=O)C(C(=O)Nc2cccc(Cl)c2)C(=O)C1. The van der Waals surface area contributed by atoms with Gasteiger partial charge in [-0.1, -0.05) is 31.5 Å². The van der Waals surface area contributed by atoms with E-state index in [9.17, 15) is 14.4 Å². The second-order valence-electron chi connectivity index (χ2n) is 5.88. The summed E-state index contributed by atoms with van der Waals surface area (Å²) in [5.74, 6) is -2.39. The van der Waals surface area contributed by atoms with Gasteiger partial charge in [-0.25, -0.2) is 0 Å². The molecule has 106 valence electrons. The molecule has 0 bridgehead atoms. The van der Waals surface area contributed by atoms with Crippen LogP contribution in [0.5, 0.6) is 0 Å². The van der Waals surface area contributed by atoms with Crippen molar-refractivity contribution in [2.75, 3.05) is 5.32 Å². The zero-order valence-corrected chi connectivity index (χ0v) is 12.2. The van der Waals surface area contributed by atoms with Crippen LogP contribution in [0.3, 0.4) is 0 Å². The molecule has 1 N–H and O–H groups in total. The number of carbonyl (C=O) groups is 3. The summed E-state index contributed by atoms with van der Waals surface area (Å²) in [7, 11) is 0. The lowest BCUT2D eigenvalue weighted by Crippen LogP contribution is -2.44. The number of amides is 1. The second kappa shape index (κ2) is 5.37. The first-order chi connectivity index (χ1) is 9.28. The first kappa shape index (κ1) is 14.7. The first-order valence-corrected chi connectivity index (χ1v) is 6.78. The predicted molar refractivity (Wildman–Crippen MR) is 76.6 cm³/mol. The number of benzene rings is 1. The number of hydrogen-bond donors (Lipinski definition) is 1. The highest BCUT2D eigenvalue weighted by atomic mass is 35.5. The molecule has 1 aliphatic rings. The molecule has 0 saturated heterocycles. The smallest absolute Gasteiger partial charge is 0.242 e. The van der Waals surface area contributed by atoms with Crippen LogP contribution in [0.1, 0.15) is 26.7 Å². The Balaban J connectivity index is 2.13. The Morgan fingerprint density at radius 2 is 1.85 bits per heavy atom. The van der Waals surface area contributed by atoms with Crippen LogP contribution in [0.2, 0.25) is 5.02 Å². The molecule has 0 unspecified atom stereocenters. The van der Waals surface area contributed by atoms with E-state index in [4.69, 9.17) is 11.6 Å². The van der Waals surface area contributed by atoms with Crippen molar-refractivity contribution in [1.29, 1.82) is 0 Å². The largest absolute Gasteiger partial charge is 0.325 e. The molecule has 2 rings (SSSR count). The summed E-state index contributed by atoms with van der Waals surface area (Å²) in [6, 6.07) is 6.59. The third kappa shape index (κ3) is 3.25. The highest BCUT2D eigenvalue weighted by molar-refractivity contribution is 6.31. The van der Waals surface area contributed by atoms with Crippen molar-refractivity contribution >= 4 is 34.8 Å². The van der Waals surface area contributed by atoms with Gasteiger partial charge in [0.25, 0.3) is 0 Å². The number of carbonyl (C=O) groups excluding carboxylic acids is 3. The number of Topliss-reactive ketones (excluding diaryl/α,β-unsaturated/α-hetero) is 2. The Morgan fingerprint density at radius 3 is 2.40 bits per heavy atom. The Labute approximate surface area is 122 Å². The highest BCUT2D eigenvalue weighted by Gasteiger charge is 2.43. The summed E-state index contributed by atoms with van der Waals surface area (Å²) in [5.41, 5.74) is 0.119. The molecule has 20 heavy (non-hydrogen) atoms. The quantitative estimate of drug-likeness (QED) is 0.853. The van der Waals surface area contributed by atoms with Crippen LogP contribution in [0.4, 0.5) is 5.69 Å². The van der Waals surface area contributed by atoms with Crippen molar-refractivity contribution in [2.45, 2.75) is 26.7 Å². The zero-order valence-electron chi connectivity index (χ0n) is 11.4. The average Bonchev–Trinajstić information content (AvgIpc) is 2.25. The number of rotatable bonds is 2. The van der Waals surface area contributed by atoms with Gasteiger partial charge in [0.1, 0.15) is 0 Å². The molecule has 0 radical (unpaired) electrons. The van der Waals surface area contributed by atoms with E-state index in [1.165, 1.54) is 0 Å². The molecular weight excluding hydrogens is 278 g/mol. The van der Waals surface area contributed by atoms with Gasteiger partial charge in [0.05, 0.1) is 0 Å². The van der Waals surface area contributed by atoms with Gasteiger partial charge in [0, 0.05) is 23.6 Å². The average molecular weight is 294 g/mol. The van der Waals surface area contributed by atoms with E-state index in [0.717, 1.165) is 0 Å². The van der Waals surface area contributed by atoms with E-state index < -0.39 is 11.8 Å². The number of halogens is 1. The van der Waals surface area contributed by atoms with Crippen LogP contribution in [0.25, 0.3) is 0 Å². The molecule has 1 fully saturated rings. The fourth-order valence-corrected chi connectivity index (χ4v) is 2.65. The molecule has 4 nitrogen and oxygen atoms in total. The topological polar surface area (TPSA) is 63.2 Å². The van der Waals surface area contributed by atoms with Gasteiger partial charge in [0.15, 0.2) is 17.5 Å². The van der Waals surface area contributed by atoms with Gasteiger partial charge >= 0.3 is 0 Å². The van der Waals surface area contributed by atoms with E-state index in [1.807, 2.05) is 13.8 Å². The molecule has 1 saturated carbocycles. The number of hydrogen-bond acceptors (Lipinski definition) is 3. The Morgan fingerprint density at radius 1 is 1.25 bits per heavy atom. The van der Waals surface area contributed by atoms with Crippen LogP contribution in [0, 0.1) is 11.3 Å². The third-order valence-electron chi connectivity index (χ3n) is 3.30. The molecule has 1 aromatic carbocycles. The lowest BCUT2D eigenvalue weighted by atomic mass is 9.71. The van der Waals surface area contributed by atoms with E-state index in [2.05, 4.69) is 5.32 Å². The predicted octanol–water partition coefficient (Wildman–Crippen LogP) is 2.85. The maximum Gasteiger partial charge on any atom is 0.242 e. The third-order valence-corrected chi connectivity index (χ3v) is 3.54. The van der Waals surface area contributed by atoms with Gasteiger partial charge in [-0.15, -0.1) is 0 Å². The first-order valence-electron chi connectivity index (χ1n) is 6.40. The minimum Gasteiger partial charge on any atom is -0.325 e. The monoisotopic (exact) mass is 293 g/mol. The van der Waals surface area contributed by atoms with Gasteiger partial charge < -0.3 is 5.32 Å². The van der Waals surface area contributed by atoms with E-state index in [0.29, 0.717) is 10.7 Å². The number of ketones is 2. The molecule has 0 heterocycles. The van der Waals surface area contributed by atoms with E-state index in [-0.39, 0.29) is 29.8 Å². The molecule has 0 aromatic heterocycles. The zero-order chi connectivity index (χ0) is 14.9. The molecule has 0 spiro atoms. The molecule has 0 aliphatic heterocycles. The summed E-state index contributed by atoms with van der Waals surface area (Å²) >= 11 is 5.82. The molecule has 0 atom stereocenters.